The zero-order valence-electron chi connectivity index (χ0n) is 11.4. The third-order valence-electron chi connectivity index (χ3n) is 3.42. The van der Waals surface area contributed by atoms with E-state index in [0.717, 1.165) is 17.9 Å². The monoisotopic (exact) mass is 318 g/mol. The molecule has 112 valence electrons. The summed E-state index contributed by atoms with van der Waals surface area (Å²) in [5, 5.41) is 0. The Hall–Kier alpha value is -0.630. The zero-order valence-corrected chi connectivity index (χ0v) is 13.0. The van der Waals surface area contributed by atoms with Crippen LogP contribution in [-0.4, -0.2) is 26.5 Å². The molecular formula is C13H19FN2O2S2. The minimum Gasteiger partial charge on any atom is -0.326 e. The van der Waals surface area contributed by atoms with Gasteiger partial charge in [0, 0.05) is 18.7 Å². The van der Waals surface area contributed by atoms with Crippen molar-refractivity contribution in [1.82, 2.24) is 4.72 Å². The third-order valence-corrected chi connectivity index (χ3v) is 6.05. The zero-order chi connectivity index (χ0) is 14.8. The number of sulfonamides is 1. The van der Waals surface area contributed by atoms with E-state index in [9.17, 15) is 12.8 Å². The molecule has 0 aromatic heterocycles. The lowest BCUT2D eigenvalue weighted by atomic mass is 10.1. The number of aryl methyl sites for hydroxylation is 1. The number of rotatable bonds is 5. The maximum absolute atomic E-state index is 13.7. The molecule has 1 aliphatic heterocycles. The molecule has 1 unspecified atom stereocenters. The summed E-state index contributed by atoms with van der Waals surface area (Å²) < 4.78 is 40.8. The predicted octanol–water partition coefficient (Wildman–Crippen LogP) is 1.62. The molecule has 1 saturated heterocycles. The first-order valence-corrected chi connectivity index (χ1v) is 9.14. The smallest absolute Gasteiger partial charge is 0.240 e. The average molecular weight is 318 g/mol. The number of nitrogens with two attached hydrogens (primary N) is 1. The van der Waals surface area contributed by atoms with Gasteiger partial charge in [-0.05, 0) is 48.5 Å². The summed E-state index contributed by atoms with van der Waals surface area (Å²) in [4.78, 5) is 0.0856. The van der Waals surface area contributed by atoms with Crippen LogP contribution in [0.3, 0.4) is 0 Å². The summed E-state index contributed by atoms with van der Waals surface area (Å²) in [6.07, 6.45) is 1.03. The summed E-state index contributed by atoms with van der Waals surface area (Å²) in [6.45, 7) is 1.96. The van der Waals surface area contributed by atoms with Gasteiger partial charge in [-0.2, -0.15) is 11.8 Å². The summed E-state index contributed by atoms with van der Waals surface area (Å²) >= 11 is 1.84. The maximum Gasteiger partial charge on any atom is 0.240 e. The fourth-order valence-electron chi connectivity index (χ4n) is 2.17. The van der Waals surface area contributed by atoms with Crippen LogP contribution in [-0.2, 0) is 16.6 Å². The van der Waals surface area contributed by atoms with Crippen molar-refractivity contribution >= 4 is 21.8 Å². The van der Waals surface area contributed by atoms with Crippen LogP contribution in [0.1, 0.15) is 17.5 Å². The van der Waals surface area contributed by atoms with Gasteiger partial charge in [-0.3, -0.25) is 0 Å². The van der Waals surface area contributed by atoms with Crippen LogP contribution >= 0.6 is 11.8 Å². The highest BCUT2D eigenvalue weighted by Crippen LogP contribution is 2.24. The van der Waals surface area contributed by atoms with Crippen molar-refractivity contribution in [3.63, 3.8) is 0 Å². The lowest BCUT2D eigenvalue weighted by molar-refractivity contribution is 0.545. The van der Waals surface area contributed by atoms with E-state index in [1.54, 1.807) is 6.92 Å². The van der Waals surface area contributed by atoms with E-state index in [2.05, 4.69) is 4.72 Å². The van der Waals surface area contributed by atoms with Crippen molar-refractivity contribution in [1.29, 1.82) is 0 Å². The standard InChI is InChI=1S/C13H19FN2O2S2/c1-9-4-12(5-11(6-15)13(9)14)20(17,18)16-7-10-2-3-19-8-10/h4-5,10,16H,2-3,6-8,15H2,1H3. The summed E-state index contributed by atoms with van der Waals surface area (Å²) in [5.41, 5.74) is 5.97. The third kappa shape index (κ3) is 3.52. The fraction of sp³-hybridized carbons (Fsp3) is 0.538. The minimum absolute atomic E-state index is 0.0186. The molecule has 2 rings (SSSR count). The van der Waals surface area contributed by atoms with E-state index < -0.39 is 15.8 Å². The van der Waals surface area contributed by atoms with Crippen LogP contribution in [0.2, 0.25) is 0 Å². The van der Waals surface area contributed by atoms with Gasteiger partial charge < -0.3 is 5.73 Å². The Labute approximate surface area is 123 Å². The molecule has 1 fully saturated rings. The highest BCUT2D eigenvalue weighted by Gasteiger charge is 2.21. The van der Waals surface area contributed by atoms with Gasteiger partial charge in [0.15, 0.2) is 0 Å². The first kappa shape index (κ1) is 15.8. The van der Waals surface area contributed by atoms with Gasteiger partial charge in [0.05, 0.1) is 4.90 Å². The fourth-order valence-corrected chi connectivity index (χ4v) is 4.70. The normalized spacial score (nSPS) is 19.4. The Bertz CT molecular complexity index is 584. The minimum atomic E-state index is -3.60. The number of hydrogen-bond acceptors (Lipinski definition) is 4. The summed E-state index contributed by atoms with van der Waals surface area (Å²) in [7, 11) is -3.60. The van der Waals surface area contributed by atoms with Gasteiger partial charge in [-0.25, -0.2) is 17.5 Å². The first-order chi connectivity index (χ1) is 9.44. The SMILES string of the molecule is Cc1cc(S(=O)(=O)NCC2CCSC2)cc(CN)c1F. The van der Waals surface area contributed by atoms with E-state index >= 15 is 0 Å². The second kappa shape index (κ2) is 6.43. The Balaban J connectivity index is 2.18. The molecule has 1 aromatic rings. The second-order valence-corrected chi connectivity index (χ2v) is 7.92. The number of halogens is 1. The molecule has 0 amide bonds. The molecule has 1 aromatic carbocycles. The molecule has 1 aliphatic rings. The van der Waals surface area contributed by atoms with Gasteiger partial charge in [0.2, 0.25) is 10.0 Å². The summed E-state index contributed by atoms with van der Waals surface area (Å²) in [5.74, 6) is 2.02. The van der Waals surface area contributed by atoms with Gasteiger partial charge in [-0.15, -0.1) is 0 Å². The van der Waals surface area contributed by atoms with Gasteiger partial charge in [0.1, 0.15) is 5.82 Å². The van der Waals surface area contributed by atoms with Crippen LogP contribution in [0.15, 0.2) is 17.0 Å². The Kier molecular flexibility index (Phi) is 5.06. The van der Waals surface area contributed by atoms with Gasteiger partial charge in [-0.1, -0.05) is 0 Å². The van der Waals surface area contributed by atoms with Crippen LogP contribution in [0.4, 0.5) is 4.39 Å². The number of thioether (sulfide) groups is 1. The molecule has 0 spiro atoms. The van der Waals surface area contributed by atoms with Gasteiger partial charge >= 0.3 is 0 Å². The molecule has 20 heavy (non-hydrogen) atoms. The van der Waals surface area contributed by atoms with E-state index in [-0.39, 0.29) is 17.0 Å². The molecule has 0 aliphatic carbocycles. The van der Waals surface area contributed by atoms with Crippen molar-refractivity contribution in [2.45, 2.75) is 24.8 Å². The first-order valence-electron chi connectivity index (χ1n) is 6.50. The van der Waals surface area contributed by atoms with Crippen LogP contribution < -0.4 is 10.5 Å². The molecule has 1 atom stereocenters. The van der Waals surface area contributed by atoms with Crippen LogP contribution in [0.5, 0.6) is 0 Å². The van der Waals surface area contributed by atoms with Crippen molar-refractivity contribution in [3.05, 3.63) is 29.1 Å². The number of hydrogen-bond donors (Lipinski definition) is 2. The maximum atomic E-state index is 13.7. The van der Waals surface area contributed by atoms with E-state index in [0.29, 0.717) is 18.0 Å². The van der Waals surface area contributed by atoms with E-state index in [1.807, 2.05) is 11.8 Å². The summed E-state index contributed by atoms with van der Waals surface area (Å²) in [6, 6.07) is 2.66. The topological polar surface area (TPSA) is 72.2 Å². The van der Waals surface area contributed by atoms with Crippen molar-refractivity contribution in [2.24, 2.45) is 11.7 Å². The molecular weight excluding hydrogens is 299 g/mol. The molecule has 4 nitrogen and oxygen atoms in total. The Morgan fingerprint density at radius 1 is 1.50 bits per heavy atom. The molecule has 0 bridgehead atoms. The van der Waals surface area contributed by atoms with Gasteiger partial charge in [0.25, 0.3) is 0 Å². The van der Waals surface area contributed by atoms with E-state index in [4.69, 9.17) is 5.73 Å². The Morgan fingerprint density at radius 3 is 2.85 bits per heavy atom. The average Bonchev–Trinajstić information content (AvgIpc) is 2.92. The molecule has 0 saturated carbocycles. The highest BCUT2D eigenvalue weighted by molar-refractivity contribution is 7.99. The number of benzene rings is 1. The largest absolute Gasteiger partial charge is 0.326 e. The van der Waals surface area contributed by atoms with Crippen LogP contribution in [0, 0.1) is 18.7 Å². The quantitative estimate of drug-likeness (QED) is 0.865. The molecule has 1 heterocycles. The van der Waals surface area contributed by atoms with Crippen LogP contribution in [0.25, 0.3) is 0 Å². The number of nitrogens with one attached hydrogen (secondary N) is 1. The molecule has 7 heteroatoms. The second-order valence-electron chi connectivity index (χ2n) is 5.00. The van der Waals surface area contributed by atoms with Crippen molar-refractivity contribution < 1.29 is 12.8 Å². The lowest BCUT2D eigenvalue weighted by Gasteiger charge is -2.13. The molecule has 3 N–H and O–H groups in total. The van der Waals surface area contributed by atoms with E-state index in [1.165, 1.54) is 12.1 Å². The molecule has 0 radical (unpaired) electrons. The Morgan fingerprint density at radius 2 is 2.25 bits per heavy atom. The lowest BCUT2D eigenvalue weighted by Crippen LogP contribution is -2.29. The predicted molar refractivity (Wildman–Crippen MR) is 79.6 cm³/mol. The van der Waals surface area contributed by atoms with Crippen molar-refractivity contribution in [2.75, 3.05) is 18.1 Å². The highest BCUT2D eigenvalue weighted by atomic mass is 32.2. The van der Waals surface area contributed by atoms with Crippen molar-refractivity contribution in [3.8, 4) is 0 Å².